The molecule has 2 aliphatic rings. The number of carbonyl (C=O) groups is 1. The van der Waals surface area contributed by atoms with Crippen LogP contribution in [0.25, 0.3) is 16.9 Å². The number of fused-ring (bicyclic) bond motifs is 1. The topological polar surface area (TPSA) is 74.1 Å². The van der Waals surface area contributed by atoms with Crippen LogP contribution in [0.3, 0.4) is 0 Å². The SMILES string of the molecule is COc1cc(-c2cnc3cc(C4COC4)ccn23)cc(OC(F)F)c1C(=O)N[C@@H]1C[C@@H]1F. The number of hydrogen-bond acceptors (Lipinski definition) is 5. The van der Waals surface area contributed by atoms with Crippen molar-refractivity contribution in [3.05, 3.63) is 47.8 Å². The minimum atomic E-state index is -3.16. The van der Waals surface area contributed by atoms with Crippen LogP contribution in [0.4, 0.5) is 13.2 Å². The van der Waals surface area contributed by atoms with Crippen molar-refractivity contribution >= 4 is 11.6 Å². The number of rotatable bonds is 7. The molecule has 1 aliphatic heterocycles. The predicted octanol–water partition coefficient (Wildman–Crippen LogP) is 3.57. The molecule has 0 spiro atoms. The average molecular weight is 447 g/mol. The normalized spacial score (nSPS) is 20.3. The van der Waals surface area contributed by atoms with Crippen molar-refractivity contribution in [1.82, 2.24) is 14.7 Å². The van der Waals surface area contributed by atoms with E-state index in [0.29, 0.717) is 36.0 Å². The van der Waals surface area contributed by atoms with Crippen molar-refractivity contribution in [3.63, 3.8) is 0 Å². The maximum atomic E-state index is 13.2. The Bertz CT molecular complexity index is 1180. The van der Waals surface area contributed by atoms with Crippen molar-refractivity contribution in [1.29, 1.82) is 0 Å². The van der Waals surface area contributed by atoms with Gasteiger partial charge in [-0.15, -0.1) is 0 Å². The van der Waals surface area contributed by atoms with Crippen LogP contribution in [0.5, 0.6) is 11.5 Å². The maximum Gasteiger partial charge on any atom is 0.387 e. The third kappa shape index (κ3) is 3.75. The molecule has 10 heteroatoms. The van der Waals surface area contributed by atoms with Crippen LogP contribution in [0, 0.1) is 0 Å². The first-order valence-corrected chi connectivity index (χ1v) is 10.1. The molecule has 1 N–H and O–H groups in total. The molecular weight excluding hydrogens is 427 g/mol. The number of methoxy groups -OCH3 is 1. The lowest BCUT2D eigenvalue weighted by molar-refractivity contribution is -0.0502. The number of carbonyl (C=O) groups excluding carboxylic acids is 1. The molecule has 2 aromatic heterocycles. The number of alkyl halides is 3. The summed E-state index contributed by atoms with van der Waals surface area (Å²) in [7, 11) is 1.32. The summed E-state index contributed by atoms with van der Waals surface area (Å²) in [5, 5.41) is 2.47. The second-order valence-electron chi connectivity index (χ2n) is 7.83. The van der Waals surface area contributed by atoms with Crippen molar-refractivity contribution in [2.45, 2.75) is 31.2 Å². The zero-order valence-electron chi connectivity index (χ0n) is 17.1. The molecule has 2 fully saturated rings. The molecule has 1 saturated heterocycles. The number of pyridine rings is 1. The van der Waals surface area contributed by atoms with Crippen LogP contribution < -0.4 is 14.8 Å². The van der Waals surface area contributed by atoms with E-state index in [1.165, 1.54) is 13.2 Å². The summed E-state index contributed by atoms with van der Waals surface area (Å²) < 4.78 is 56.5. The zero-order chi connectivity index (χ0) is 22.4. The molecule has 1 aromatic carbocycles. The summed E-state index contributed by atoms with van der Waals surface area (Å²) in [6.07, 6.45) is 2.50. The number of aromatic nitrogens is 2. The molecular formula is C22H20F3N3O4. The number of nitrogens with one attached hydrogen (secondary N) is 1. The summed E-state index contributed by atoms with van der Waals surface area (Å²) in [4.78, 5) is 17.1. The fraction of sp³-hybridized carbons (Fsp3) is 0.364. The van der Waals surface area contributed by atoms with Gasteiger partial charge >= 0.3 is 6.61 Å². The van der Waals surface area contributed by atoms with E-state index < -0.39 is 24.7 Å². The largest absolute Gasteiger partial charge is 0.496 e. The first-order chi connectivity index (χ1) is 15.4. The summed E-state index contributed by atoms with van der Waals surface area (Å²) in [5.74, 6) is -0.731. The summed E-state index contributed by atoms with van der Waals surface area (Å²) in [6, 6.07) is 6.16. The molecule has 3 aromatic rings. The molecule has 5 rings (SSSR count). The Hall–Kier alpha value is -3.27. The highest BCUT2D eigenvalue weighted by atomic mass is 19.3. The van der Waals surface area contributed by atoms with Crippen LogP contribution in [-0.2, 0) is 4.74 Å². The average Bonchev–Trinajstić information content (AvgIpc) is 3.24. The van der Waals surface area contributed by atoms with Gasteiger partial charge in [-0.2, -0.15) is 8.78 Å². The summed E-state index contributed by atoms with van der Waals surface area (Å²) in [5.41, 5.74) is 2.65. The molecule has 1 amide bonds. The number of imidazole rings is 1. The molecule has 1 aliphatic carbocycles. The first-order valence-electron chi connectivity index (χ1n) is 10.1. The Labute approximate surface area is 181 Å². The first kappa shape index (κ1) is 20.6. The van der Waals surface area contributed by atoms with Gasteiger partial charge in [0, 0.05) is 24.1 Å². The van der Waals surface area contributed by atoms with E-state index in [9.17, 15) is 18.0 Å². The monoisotopic (exact) mass is 447 g/mol. The van der Waals surface area contributed by atoms with Crippen LogP contribution in [0.2, 0.25) is 0 Å². The van der Waals surface area contributed by atoms with Gasteiger partial charge in [0.15, 0.2) is 0 Å². The standard InChI is InChI=1S/C22H20F3N3O4/c1-30-17-4-12(5-18(32-22(24)25)20(17)21(29)27-15-7-14(15)23)16-8-26-19-6-11(2-3-28(16)19)13-9-31-10-13/h2-6,8,13-15,22H,7,9-10H2,1H3,(H,27,29)/t14-,15+/m0/s1. The Balaban J connectivity index is 1.55. The van der Waals surface area contributed by atoms with Gasteiger partial charge in [0.2, 0.25) is 0 Å². The lowest BCUT2D eigenvalue weighted by atomic mass is 9.99. The van der Waals surface area contributed by atoms with Gasteiger partial charge in [0.25, 0.3) is 5.91 Å². The molecule has 32 heavy (non-hydrogen) atoms. The lowest BCUT2D eigenvalue weighted by Crippen LogP contribution is -2.28. The van der Waals surface area contributed by atoms with Crippen LogP contribution >= 0.6 is 0 Å². The van der Waals surface area contributed by atoms with E-state index in [-0.39, 0.29) is 23.5 Å². The number of ether oxygens (including phenoxy) is 3. The lowest BCUT2D eigenvalue weighted by Gasteiger charge is -2.26. The molecule has 0 unspecified atom stereocenters. The number of hydrogen-bond donors (Lipinski definition) is 1. The third-order valence-corrected chi connectivity index (χ3v) is 5.70. The van der Waals surface area contributed by atoms with Gasteiger partial charge < -0.3 is 19.5 Å². The quantitative estimate of drug-likeness (QED) is 0.600. The van der Waals surface area contributed by atoms with Crippen molar-refractivity contribution in [3.8, 4) is 22.8 Å². The highest BCUT2D eigenvalue weighted by Crippen LogP contribution is 2.37. The molecule has 0 bridgehead atoms. The molecule has 7 nitrogen and oxygen atoms in total. The van der Waals surface area contributed by atoms with Gasteiger partial charge in [-0.3, -0.25) is 9.20 Å². The fourth-order valence-electron chi connectivity index (χ4n) is 3.76. The number of amides is 1. The molecule has 2 atom stereocenters. The van der Waals surface area contributed by atoms with E-state index >= 15 is 0 Å². The van der Waals surface area contributed by atoms with E-state index in [2.05, 4.69) is 15.0 Å². The van der Waals surface area contributed by atoms with Gasteiger partial charge in [0.05, 0.1) is 38.3 Å². The van der Waals surface area contributed by atoms with Crippen molar-refractivity contribution in [2.75, 3.05) is 20.3 Å². The summed E-state index contributed by atoms with van der Waals surface area (Å²) >= 11 is 0. The molecule has 168 valence electrons. The van der Waals surface area contributed by atoms with Crippen molar-refractivity contribution in [2.24, 2.45) is 0 Å². The van der Waals surface area contributed by atoms with E-state index in [0.717, 1.165) is 5.56 Å². The second kappa shape index (κ2) is 8.01. The maximum absolute atomic E-state index is 13.2. The third-order valence-electron chi connectivity index (χ3n) is 5.70. The van der Waals surface area contributed by atoms with Gasteiger partial charge in [-0.05, 0) is 29.8 Å². The van der Waals surface area contributed by atoms with Crippen LogP contribution in [0.1, 0.15) is 28.3 Å². The Morgan fingerprint density at radius 3 is 2.66 bits per heavy atom. The molecule has 1 saturated carbocycles. The van der Waals surface area contributed by atoms with Crippen LogP contribution in [0.15, 0.2) is 36.7 Å². The zero-order valence-corrected chi connectivity index (χ0v) is 17.1. The fourth-order valence-corrected chi connectivity index (χ4v) is 3.76. The highest BCUT2D eigenvalue weighted by Gasteiger charge is 2.40. The Morgan fingerprint density at radius 1 is 1.28 bits per heavy atom. The molecule has 3 heterocycles. The van der Waals surface area contributed by atoms with Gasteiger partial charge in [-0.1, -0.05) is 0 Å². The van der Waals surface area contributed by atoms with E-state index in [1.807, 2.05) is 22.7 Å². The van der Waals surface area contributed by atoms with E-state index in [4.69, 9.17) is 9.47 Å². The van der Waals surface area contributed by atoms with E-state index in [1.54, 1.807) is 12.3 Å². The number of nitrogens with zero attached hydrogens (tertiary/aromatic N) is 2. The number of benzene rings is 1. The predicted molar refractivity (Wildman–Crippen MR) is 108 cm³/mol. The Kier molecular flexibility index (Phi) is 5.16. The minimum absolute atomic E-state index is 0.0323. The van der Waals surface area contributed by atoms with Crippen molar-refractivity contribution < 1.29 is 32.2 Å². The molecule has 0 radical (unpaired) electrons. The summed E-state index contributed by atoms with van der Waals surface area (Å²) in [6.45, 7) is -1.82. The number of halogens is 3. The highest BCUT2D eigenvalue weighted by molar-refractivity contribution is 6.01. The minimum Gasteiger partial charge on any atom is -0.496 e. The van der Waals surface area contributed by atoms with Crippen LogP contribution in [-0.4, -0.2) is 54.4 Å². The Morgan fingerprint density at radius 2 is 2.03 bits per heavy atom. The second-order valence-corrected chi connectivity index (χ2v) is 7.83. The smallest absolute Gasteiger partial charge is 0.387 e. The van der Waals surface area contributed by atoms with Gasteiger partial charge in [-0.25, -0.2) is 9.37 Å². The van der Waals surface area contributed by atoms with Gasteiger partial charge in [0.1, 0.15) is 28.9 Å².